The number of halogens is 23. The molecule has 33 heavy (non-hydrogen) atoms. The summed E-state index contributed by atoms with van der Waals surface area (Å²) < 4.78 is 270. The minimum absolute atomic E-state index is 0. The molecule has 0 aliphatic carbocycles. The third-order valence-corrected chi connectivity index (χ3v) is 3.48. The summed E-state index contributed by atoms with van der Waals surface area (Å²) in [5, 5.41) is 0. The smallest absolute Gasteiger partial charge is 0.581 e. The number of rotatable bonds is 5. The van der Waals surface area contributed by atoms with Gasteiger partial charge in [-0.3, -0.25) is 0 Å². The molecule has 0 saturated heterocycles. The van der Waals surface area contributed by atoms with Gasteiger partial charge >= 0.3 is 54.8 Å². The normalized spacial score (nSPS) is 16.5. The Morgan fingerprint density at radius 1 is 0.303 bits per heavy atom. The number of alkyl halides is 22. The van der Waals surface area contributed by atoms with Crippen molar-refractivity contribution < 1.29 is 125 Å². The van der Waals surface area contributed by atoms with Crippen molar-refractivity contribution >= 4 is 0 Å². The lowest BCUT2D eigenvalue weighted by Gasteiger charge is -2.47. The van der Waals surface area contributed by atoms with E-state index in [1.807, 2.05) is 0 Å². The van der Waals surface area contributed by atoms with Gasteiger partial charge in [0.1, 0.15) is 0 Å². The maximum atomic E-state index is 13.4. The van der Waals surface area contributed by atoms with Crippen LogP contribution < -0.4 is 24.0 Å². The first-order valence-corrected chi connectivity index (χ1v) is 6.30. The summed E-state index contributed by atoms with van der Waals surface area (Å²) in [6.45, 7) is 0. The van der Waals surface area contributed by atoms with Crippen molar-refractivity contribution in [2.75, 3.05) is 0 Å². The van der Waals surface area contributed by atoms with Gasteiger partial charge in [0.2, 0.25) is 0 Å². The van der Waals surface area contributed by atoms with E-state index in [2.05, 4.69) is 0 Å². The first-order valence-electron chi connectivity index (χ1n) is 6.30. The van der Waals surface area contributed by atoms with Crippen LogP contribution in [0.2, 0.25) is 0 Å². The minimum Gasteiger partial charge on any atom is -1.00 e. The van der Waals surface area contributed by atoms with Crippen molar-refractivity contribution in [2.24, 2.45) is 0 Å². The highest BCUT2D eigenvalue weighted by molar-refractivity contribution is 5.09. The lowest BCUT2D eigenvalue weighted by molar-refractivity contribution is -1.22. The SMILES string of the molecule is FC(F)(F)C(F)(F)C(F)(F)C(F)(F)C(F)(F)C(F)(F)[N+](C(F)(F)F)(C(F)(F)F)C(F)(F)F.[I-]. The predicted molar refractivity (Wildman–Crippen MR) is 49.2 cm³/mol. The van der Waals surface area contributed by atoms with Gasteiger partial charge < -0.3 is 24.0 Å². The van der Waals surface area contributed by atoms with Crippen molar-refractivity contribution in [1.29, 1.82) is 0 Å². The second-order valence-electron chi connectivity index (χ2n) is 5.41. The van der Waals surface area contributed by atoms with E-state index in [1.54, 1.807) is 0 Å². The topological polar surface area (TPSA) is 0 Å². The van der Waals surface area contributed by atoms with Gasteiger partial charge in [-0.15, -0.1) is 48.3 Å². The first-order chi connectivity index (χ1) is 13.2. The van der Waals surface area contributed by atoms with E-state index in [0.29, 0.717) is 0 Å². The van der Waals surface area contributed by atoms with Crippen molar-refractivity contribution in [1.82, 2.24) is 0 Å². The maximum Gasteiger partial charge on any atom is 0.581 e. The third-order valence-electron chi connectivity index (χ3n) is 3.48. The van der Waals surface area contributed by atoms with E-state index in [1.165, 1.54) is 0 Å². The molecule has 0 bridgehead atoms. The number of nitrogens with zero attached hydrogens (tertiary/aromatic N) is 1. The minimum atomic E-state index is -9.66. The van der Waals surface area contributed by atoms with Gasteiger partial charge in [0.25, 0.3) is 0 Å². The first kappa shape index (κ1) is 34.3. The van der Waals surface area contributed by atoms with Gasteiger partial charge in [-0.1, -0.05) is 0 Å². The summed E-state index contributed by atoms with van der Waals surface area (Å²) in [6.07, 6.45) is -34.8. The molecule has 0 saturated carbocycles. The average molecular weight is 667 g/mol. The second kappa shape index (κ2) is 8.09. The Labute approximate surface area is 180 Å². The van der Waals surface area contributed by atoms with Crippen LogP contribution in [0.3, 0.4) is 0 Å². The van der Waals surface area contributed by atoms with Crippen LogP contribution in [0, 0.1) is 0 Å². The molecule has 0 heterocycles. The fourth-order valence-corrected chi connectivity index (χ4v) is 1.88. The lowest BCUT2D eigenvalue weighted by atomic mass is 9.95. The van der Waals surface area contributed by atoms with Crippen molar-refractivity contribution in [3.05, 3.63) is 0 Å². The van der Waals surface area contributed by atoms with Gasteiger partial charge in [0.05, 0.1) is 0 Å². The molecular weight excluding hydrogens is 667 g/mol. The summed E-state index contributed by atoms with van der Waals surface area (Å²) in [5.74, 6) is -36.5. The fourth-order valence-electron chi connectivity index (χ4n) is 1.88. The molecule has 0 spiro atoms. The van der Waals surface area contributed by atoms with Gasteiger partial charge in [0.15, 0.2) is 0 Å². The van der Waals surface area contributed by atoms with E-state index in [0.717, 1.165) is 0 Å². The quantitative estimate of drug-likeness (QED) is 0.180. The van der Waals surface area contributed by atoms with E-state index < -0.39 is 59.3 Å². The number of hydrogen-bond donors (Lipinski definition) is 0. The van der Waals surface area contributed by atoms with Crippen LogP contribution in [-0.4, -0.2) is 59.3 Å². The highest BCUT2D eigenvalue weighted by Crippen LogP contribution is 2.67. The molecule has 0 N–H and O–H groups in total. The standard InChI is InChI=1S/C9F22N.HI/c10-1(11,3(14,15)5(18,19)20)2(12,13)4(16,17)6(21,22)32(7(23,24)25,8(26,27)28)9(29,30)31;/h;1H/q+1;/p-1. The summed E-state index contributed by atoms with van der Waals surface area (Å²) in [5.41, 5.74) is 0. The maximum absolute atomic E-state index is 13.4. The lowest BCUT2D eigenvalue weighted by Crippen LogP contribution is -3.00. The monoisotopic (exact) mass is 667 g/mol. The highest BCUT2D eigenvalue weighted by Gasteiger charge is 3.04. The Hall–Kier alpha value is -0.850. The van der Waals surface area contributed by atoms with Gasteiger partial charge in [-0.2, -0.15) is 48.3 Å². The molecule has 0 rings (SSSR count). The zero-order valence-corrected chi connectivity index (χ0v) is 15.8. The zero-order chi connectivity index (χ0) is 27.0. The van der Waals surface area contributed by atoms with Crippen LogP contribution in [0.15, 0.2) is 0 Å². The second-order valence-corrected chi connectivity index (χ2v) is 5.41. The van der Waals surface area contributed by atoms with Gasteiger partial charge in [-0.25, -0.2) is 0 Å². The van der Waals surface area contributed by atoms with Crippen molar-refractivity contribution in [3.63, 3.8) is 0 Å². The van der Waals surface area contributed by atoms with E-state index in [9.17, 15) is 96.6 Å². The Morgan fingerprint density at radius 3 is 0.697 bits per heavy atom. The largest absolute Gasteiger partial charge is 1.00 e. The van der Waals surface area contributed by atoms with Crippen LogP contribution >= 0.6 is 0 Å². The molecule has 0 aromatic carbocycles. The number of quaternary nitrogens is 1. The van der Waals surface area contributed by atoms with Crippen molar-refractivity contribution in [2.45, 2.75) is 54.8 Å². The molecule has 0 aromatic heterocycles. The molecule has 0 radical (unpaired) electrons. The Morgan fingerprint density at radius 2 is 0.515 bits per heavy atom. The summed E-state index contributed by atoms with van der Waals surface area (Å²) >= 11 is 0. The molecular formula is C9F22IN. The molecule has 0 aliphatic heterocycles. The van der Waals surface area contributed by atoms with Gasteiger partial charge in [-0.05, 0) is 0 Å². The Kier molecular flexibility index (Phi) is 8.42. The predicted octanol–water partition coefficient (Wildman–Crippen LogP) is 4.06. The van der Waals surface area contributed by atoms with E-state index in [-0.39, 0.29) is 24.0 Å². The third kappa shape index (κ3) is 4.12. The molecule has 0 unspecified atom stereocenters. The molecule has 24 heteroatoms. The van der Waals surface area contributed by atoms with E-state index in [4.69, 9.17) is 0 Å². The van der Waals surface area contributed by atoms with Gasteiger partial charge in [0, 0.05) is 4.48 Å². The molecule has 0 atom stereocenters. The van der Waals surface area contributed by atoms with Crippen LogP contribution in [0.5, 0.6) is 0 Å². The summed E-state index contributed by atoms with van der Waals surface area (Å²) in [4.78, 5) is 0. The molecule has 0 fully saturated rings. The van der Waals surface area contributed by atoms with Crippen LogP contribution in [0.4, 0.5) is 96.6 Å². The molecule has 202 valence electrons. The zero-order valence-electron chi connectivity index (χ0n) is 13.6. The Bertz CT molecular complexity index is 653. The van der Waals surface area contributed by atoms with Crippen LogP contribution in [0.1, 0.15) is 0 Å². The Balaban J connectivity index is 0. The fraction of sp³-hybridized carbons (Fsp3) is 1.00. The number of hydrogen-bond acceptors (Lipinski definition) is 0. The van der Waals surface area contributed by atoms with Crippen LogP contribution in [0.25, 0.3) is 0 Å². The highest BCUT2D eigenvalue weighted by atomic mass is 127. The van der Waals surface area contributed by atoms with Crippen LogP contribution in [-0.2, 0) is 0 Å². The molecule has 1 nitrogen and oxygen atoms in total. The molecule has 0 amide bonds. The summed E-state index contributed by atoms with van der Waals surface area (Å²) in [6, 6.07) is -9.66. The average Bonchev–Trinajstić information content (AvgIpc) is 2.39. The van der Waals surface area contributed by atoms with E-state index >= 15 is 0 Å². The summed E-state index contributed by atoms with van der Waals surface area (Å²) in [7, 11) is 0. The van der Waals surface area contributed by atoms with Crippen molar-refractivity contribution in [3.8, 4) is 0 Å². The molecule has 0 aromatic rings. The molecule has 0 aliphatic rings.